The zero-order chi connectivity index (χ0) is 13.1. The van der Waals surface area contributed by atoms with Crippen LogP contribution in [0.2, 0.25) is 0 Å². The number of carbonyl (C=O) groups excluding carboxylic acids is 1. The fraction of sp³-hybridized carbons (Fsp3) is 0.462. The highest BCUT2D eigenvalue weighted by Crippen LogP contribution is 2.23. The first-order valence-electron chi connectivity index (χ1n) is 6.12. The molecule has 1 aromatic rings. The molecule has 2 atom stereocenters. The monoisotopic (exact) mass is 251 g/mol. The van der Waals surface area contributed by atoms with Crippen molar-refractivity contribution in [2.75, 3.05) is 19.6 Å². The Kier molecular flexibility index (Phi) is 3.93. The quantitative estimate of drug-likeness (QED) is 0.811. The lowest BCUT2D eigenvalue weighted by Crippen LogP contribution is -2.52. The van der Waals surface area contributed by atoms with Crippen molar-refractivity contribution in [2.45, 2.75) is 19.0 Å². The summed E-state index contributed by atoms with van der Waals surface area (Å²) >= 11 is 0. The number of halogens is 1. The third-order valence-electron chi connectivity index (χ3n) is 3.15. The summed E-state index contributed by atoms with van der Waals surface area (Å²) in [7, 11) is 0. The van der Waals surface area contributed by atoms with Crippen LogP contribution in [0.15, 0.2) is 24.3 Å². The number of hydrogen-bond acceptors (Lipinski definition) is 3. The third-order valence-corrected chi connectivity index (χ3v) is 3.15. The Balaban J connectivity index is 2.25. The van der Waals surface area contributed by atoms with Gasteiger partial charge in [-0.15, -0.1) is 0 Å². The van der Waals surface area contributed by atoms with Crippen LogP contribution in [0.4, 0.5) is 4.39 Å². The number of nitrogens with one attached hydrogen (secondary N) is 1. The highest BCUT2D eigenvalue weighted by atomic mass is 19.1. The van der Waals surface area contributed by atoms with Crippen LogP contribution in [0, 0.1) is 5.82 Å². The highest BCUT2D eigenvalue weighted by molar-refractivity contribution is 5.81. The minimum absolute atomic E-state index is 0.0919. The van der Waals surface area contributed by atoms with Crippen molar-refractivity contribution < 1.29 is 9.18 Å². The van der Waals surface area contributed by atoms with Crippen molar-refractivity contribution >= 4 is 5.91 Å². The van der Waals surface area contributed by atoms with Gasteiger partial charge in [-0.2, -0.15) is 0 Å². The number of hydrogen-bond donors (Lipinski definition) is 2. The molecule has 0 spiro atoms. The predicted octanol–water partition coefficient (Wildman–Crippen LogP) is 0.646. The van der Waals surface area contributed by atoms with Gasteiger partial charge in [-0.25, -0.2) is 4.39 Å². The van der Waals surface area contributed by atoms with Crippen molar-refractivity contribution in [3.8, 4) is 0 Å². The van der Waals surface area contributed by atoms with Crippen LogP contribution in [-0.4, -0.2) is 36.5 Å². The number of nitrogens with zero attached hydrogens (tertiary/aromatic N) is 1. The SMILES string of the molecule is CC(N)C(=O)N1CCNCC1c1cccc(F)c1. The lowest BCUT2D eigenvalue weighted by atomic mass is 10.0. The molecule has 2 rings (SSSR count). The Bertz CT molecular complexity index is 436. The maximum absolute atomic E-state index is 13.3. The molecule has 0 aromatic heterocycles. The van der Waals surface area contributed by atoms with E-state index in [1.165, 1.54) is 12.1 Å². The molecule has 1 aliphatic heterocycles. The molecule has 0 saturated carbocycles. The summed E-state index contributed by atoms with van der Waals surface area (Å²) in [4.78, 5) is 13.8. The van der Waals surface area contributed by atoms with Crippen LogP contribution in [-0.2, 0) is 4.79 Å². The predicted molar refractivity (Wildman–Crippen MR) is 67.4 cm³/mol. The van der Waals surface area contributed by atoms with E-state index in [-0.39, 0.29) is 17.8 Å². The fourth-order valence-electron chi connectivity index (χ4n) is 2.24. The summed E-state index contributed by atoms with van der Waals surface area (Å²) < 4.78 is 13.3. The standard InChI is InChI=1S/C13H18FN3O/c1-9(15)13(18)17-6-5-16-8-12(17)10-3-2-4-11(14)7-10/h2-4,7,9,12,16H,5-6,8,15H2,1H3. The fourth-order valence-corrected chi connectivity index (χ4v) is 2.24. The Morgan fingerprint density at radius 2 is 2.39 bits per heavy atom. The Morgan fingerprint density at radius 3 is 3.06 bits per heavy atom. The number of benzene rings is 1. The molecular weight excluding hydrogens is 233 g/mol. The van der Waals surface area contributed by atoms with Gasteiger partial charge in [-0.1, -0.05) is 12.1 Å². The zero-order valence-corrected chi connectivity index (χ0v) is 10.4. The summed E-state index contributed by atoms with van der Waals surface area (Å²) in [6, 6.07) is 5.69. The molecule has 1 aliphatic rings. The van der Waals surface area contributed by atoms with Gasteiger partial charge >= 0.3 is 0 Å². The van der Waals surface area contributed by atoms with Gasteiger partial charge in [0.05, 0.1) is 12.1 Å². The van der Waals surface area contributed by atoms with E-state index in [9.17, 15) is 9.18 Å². The smallest absolute Gasteiger partial charge is 0.239 e. The second kappa shape index (κ2) is 5.46. The van der Waals surface area contributed by atoms with Gasteiger partial charge in [0.1, 0.15) is 5.82 Å². The van der Waals surface area contributed by atoms with Crippen molar-refractivity contribution in [3.05, 3.63) is 35.6 Å². The summed E-state index contributed by atoms with van der Waals surface area (Å²) in [5.41, 5.74) is 6.45. The number of carbonyl (C=O) groups is 1. The van der Waals surface area contributed by atoms with Crippen molar-refractivity contribution in [1.29, 1.82) is 0 Å². The van der Waals surface area contributed by atoms with E-state index < -0.39 is 6.04 Å². The number of rotatable bonds is 2. The van der Waals surface area contributed by atoms with Crippen LogP contribution in [0.5, 0.6) is 0 Å². The molecule has 1 saturated heterocycles. The summed E-state index contributed by atoms with van der Waals surface area (Å²) in [5.74, 6) is -0.378. The van der Waals surface area contributed by atoms with Gasteiger partial charge in [0.25, 0.3) is 0 Å². The van der Waals surface area contributed by atoms with Crippen LogP contribution in [0.25, 0.3) is 0 Å². The van der Waals surface area contributed by atoms with Gasteiger partial charge in [0.15, 0.2) is 0 Å². The molecule has 2 unspecified atom stereocenters. The molecule has 0 radical (unpaired) electrons. The second-order valence-electron chi connectivity index (χ2n) is 4.60. The Labute approximate surface area is 106 Å². The van der Waals surface area contributed by atoms with Crippen LogP contribution in [0.3, 0.4) is 0 Å². The molecule has 0 aliphatic carbocycles. The van der Waals surface area contributed by atoms with Gasteiger partial charge in [0, 0.05) is 19.6 Å². The van der Waals surface area contributed by atoms with E-state index in [4.69, 9.17) is 5.73 Å². The molecule has 4 nitrogen and oxygen atoms in total. The lowest BCUT2D eigenvalue weighted by molar-refractivity contribution is -0.135. The Morgan fingerprint density at radius 1 is 1.61 bits per heavy atom. The van der Waals surface area contributed by atoms with E-state index in [1.807, 2.05) is 6.07 Å². The molecule has 0 bridgehead atoms. The van der Waals surface area contributed by atoms with Crippen molar-refractivity contribution in [2.24, 2.45) is 5.73 Å². The second-order valence-corrected chi connectivity index (χ2v) is 4.60. The molecule has 98 valence electrons. The molecule has 1 amide bonds. The average Bonchev–Trinajstić information content (AvgIpc) is 2.38. The van der Waals surface area contributed by atoms with Gasteiger partial charge in [-0.3, -0.25) is 4.79 Å². The first-order chi connectivity index (χ1) is 8.59. The highest BCUT2D eigenvalue weighted by Gasteiger charge is 2.29. The summed E-state index contributed by atoms with van der Waals surface area (Å²) in [5, 5.41) is 3.22. The topological polar surface area (TPSA) is 58.4 Å². The minimum Gasteiger partial charge on any atom is -0.332 e. The average molecular weight is 251 g/mol. The first-order valence-corrected chi connectivity index (χ1v) is 6.12. The van der Waals surface area contributed by atoms with E-state index in [0.717, 1.165) is 12.1 Å². The van der Waals surface area contributed by atoms with Crippen LogP contribution in [0.1, 0.15) is 18.5 Å². The van der Waals surface area contributed by atoms with E-state index in [1.54, 1.807) is 17.9 Å². The van der Waals surface area contributed by atoms with Crippen LogP contribution < -0.4 is 11.1 Å². The van der Waals surface area contributed by atoms with Gasteiger partial charge in [-0.05, 0) is 24.6 Å². The van der Waals surface area contributed by atoms with Gasteiger partial charge in [0.2, 0.25) is 5.91 Å². The van der Waals surface area contributed by atoms with Gasteiger partial charge < -0.3 is 16.0 Å². The third kappa shape index (κ3) is 2.68. The van der Waals surface area contributed by atoms with Crippen LogP contribution >= 0.6 is 0 Å². The molecule has 18 heavy (non-hydrogen) atoms. The largest absolute Gasteiger partial charge is 0.332 e. The molecule has 3 N–H and O–H groups in total. The minimum atomic E-state index is -0.529. The molecule has 5 heteroatoms. The normalized spacial score (nSPS) is 21.7. The Hall–Kier alpha value is -1.46. The maximum atomic E-state index is 13.3. The zero-order valence-electron chi connectivity index (χ0n) is 10.4. The molecule has 1 fully saturated rings. The van der Waals surface area contributed by atoms with Crippen molar-refractivity contribution in [3.63, 3.8) is 0 Å². The summed E-state index contributed by atoms with van der Waals surface area (Å²) in [6.45, 7) is 3.64. The van der Waals surface area contributed by atoms with E-state index in [0.29, 0.717) is 13.1 Å². The lowest BCUT2D eigenvalue weighted by Gasteiger charge is -2.37. The molecule has 1 heterocycles. The number of piperazine rings is 1. The molecule has 1 aromatic carbocycles. The maximum Gasteiger partial charge on any atom is 0.239 e. The number of amides is 1. The van der Waals surface area contributed by atoms with E-state index in [2.05, 4.69) is 5.32 Å². The first kappa shape index (κ1) is 13.0. The van der Waals surface area contributed by atoms with Crippen molar-refractivity contribution in [1.82, 2.24) is 10.2 Å². The van der Waals surface area contributed by atoms with E-state index >= 15 is 0 Å². The molecular formula is C13H18FN3O. The number of nitrogens with two attached hydrogens (primary N) is 1. The summed E-state index contributed by atoms with van der Waals surface area (Å²) in [6.07, 6.45) is 0.